The summed E-state index contributed by atoms with van der Waals surface area (Å²) in [5.41, 5.74) is 0. The molecule has 0 aromatic heterocycles. The van der Waals surface area contributed by atoms with Crippen LogP contribution >= 0.6 is 21.6 Å². The van der Waals surface area contributed by atoms with E-state index in [0.717, 1.165) is 4.36 Å². The molecule has 1 rings (SSSR count). The summed E-state index contributed by atoms with van der Waals surface area (Å²) in [4.78, 5) is 0. The van der Waals surface area contributed by atoms with Crippen molar-refractivity contribution in [1.29, 1.82) is 0 Å². The van der Waals surface area contributed by atoms with E-state index in [1.807, 2.05) is 12.2 Å². The third kappa shape index (κ3) is 0.932. The lowest BCUT2D eigenvalue weighted by Crippen LogP contribution is -1.83. The fourth-order valence-electron chi connectivity index (χ4n) is 0.552. The molecule has 2 heteroatoms. The van der Waals surface area contributed by atoms with Gasteiger partial charge in [0.1, 0.15) is 0 Å². The third-order valence-electron chi connectivity index (χ3n) is 1.15. The van der Waals surface area contributed by atoms with Gasteiger partial charge in [0.15, 0.2) is 0 Å². The Labute approximate surface area is 56.5 Å². The zero-order valence-electron chi connectivity index (χ0n) is 5.02. The van der Waals surface area contributed by atoms with Crippen molar-refractivity contribution in [1.82, 2.24) is 0 Å². The molecule has 0 aromatic rings. The molecule has 0 radical (unpaired) electrons. The monoisotopic (exact) mass is 148 g/mol. The van der Waals surface area contributed by atoms with Crippen molar-refractivity contribution in [2.24, 2.45) is 0 Å². The van der Waals surface area contributed by atoms with Crippen LogP contribution in [0.4, 0.5) is 0 Å². The van der Waals surface area contributed by atoms with Crippen LogP contribution in [0.2, 0.25) is 0 Å². The van der Waals surface area contributed by atoms with Crippen molar-refractivity contribution in [3.63, 3.8) is 0 Å². The van der Waals surface area contributed by atoms with Gasteiger partial charge in [-0.05, 0) is 24.0 Å². The van der Waals surface area contributed by atoms with E-state index < -0.39 is 10.0 Å². The van der Waals surface area contributed by atoms with E-state index in [9.17, 15) is 0 Å². The van der Waals surface area contributed by atoms with Crippen LogP contribution in [0.5, 0.6) is 0 Å². The van der Waals surface area contributed by atoms with E-state index in [2.05, 4.69) is 17.9 Å². The maximum Gasteiger partial charge on any atom is 0.0595 e. The predicted octanol–water partition coefficient (Wildman–Crippen LogP) is 2.66. The second-order valence-electron chi connectivity index (χ2n) is 2.21. The molecule has 0 N–H and O–H groups in total. The highest BCUT2D eigenvalue weighted by atomic mass is 35.5. The molecule has 0 nitrogen and oxygen atoms in total. The van der Waals surface area contributed by atoms with Gasteiger partial charge >= 0.3 is 0 Å². The molecule has 46 valence electrons. The maximum atomic E-state index is 5.84. The van der Waals surface area contributed by atoms with Gasteiger partial charge < -0.3 is 0 Å². The van der Waals surface area contributed by atoms with Gasteiger partial charge in [-0.25, -0.2) is 0 Å². The summed E-state index contributed by atoms with van der Waals surface area (Å²) in [5, 5.41) is 2.18. The zero-order valence-corrected chi connectivity index (χ0v) is 6.59. The van der Waals surface area contributed by atoms with Gasteiger partial charge in [-0.2, -0.15) is 10.0 Å². The molecule has 0 fully saturated rings. The first-order chi connectivity index (χ1) is 3.63. The molecule has 0 spiro atoms. The van der Waals surface area contributed by atoms with Gasteiger partial charge in [0.25, 0.3) is 0 Å². The molecule has 0 unspecified atom stereocenters. The minimum absolute atomic E-state index is 0.679. The topological polar surface area (TPSA) is 0 Å². The standard InChI is InChI=1S/C6H9ClS/c1-8(2)5-3-4-6(8)7/h3-5H,1-2H3. The van der Waals surface area contributed by atoms with Gasteiger partial charge in [-0.3, -0.25) is 0 Å². The summed E-state index contributed by atoms with van der Waals surface area (Å²) in [5.74, 6) is 0. The van der Waals surface area contributed by atoms with Crippen molar-refractivity contribution in [3.8, 4) is 0 Å². The zero-order chi connectivity index (χ0) is 6.20. The van der Waals surface area contributed by atoms with Crippen molar-refractivity contribution in [2.75, 3.05) is 12.5 Å². The van der Waals surface area contributed by atoms with Crippen molar-refractivity contribution < 1.29 is 0 Å². The smallest absolute Gasteiger partial charge is 0.0595 e. The maximum absolute atomic E-state index is 5.84. The molecule has 0 atom stereocenters. The highest BCUT2D eigenvalue weighted by Crippen LogP contribution is 2.54. The Balaban J connectivity index is 2.87. The second kappa shape index (κ2) is 1.82. The molecule has 0 bridgehead atoms. The Morgan fingerprint density at radius 1 is 1.50 bits per heavy atom. The average Bonchev–Trinajstić information content (AvgIpc) is 1.86. The first kappa shape index (κ1) is 6.24. The van der Waals surface area contributed by atoms with Crippen LogP contribution in [-0.2, 0) is 0 Å². The van der Waals surface area contributed by atoms with Gasteiger partial charge in [0.05, 0.1) is 4.36 Å². The van der Waals surface area contributed by atoms with E-state index in [1.54, 1.807) is 0 Å². The van der Waals surface area contributed by atoms with Crippen LogP contribution in [0.1, 0.15) is 0 Å². The molecule has 1 aliphatic heterocycles. The van der Waals surface area contributed by atoms with Crippen molar-refractivity contribution >= 4 is 21.6 Å². The van der Waals surface area contributed by atoms with E-state index in [0.29, 0.717) is 0 Å². The number of rotatable bonds is 0. The molecular weight excluding hydrogens is 140 g/mol. The first-order valence-electron chi connectivity index (χ1n) is 2.40. The molecule has 8 heavy (non-hydrogen) atoms. The van der Waals surface area contributed by atoms with E-state index >= 15 is 0 Å². The Hall–Kier alpha value is 0.120. The SMILES string of the molecule is CS1(C)C=CC=C1Cl. The Bertz CT molecular complexity index is 156. The molecule has 0 saturated carbocycles. The molecule has 0 amide bonds. The lowest BCUT2D eigenvalue weighted by molar-refractivity contribution is 2.10. The second-order valence-corrected chi connectivity index (χ2v) is 6.36. The van der Waals surface area contributed by atoms with Crippen LogP contribution in [0, 0.1) is 0 Å². The molecule has 0 saturated heterocycles. The summed E-state index contributed by atoms with van der Waals surface area (Å²) in [6.45, 7) is 0. The Kier molecular flexibility index (Phi) is 1.42. The van der Waals surface area contributed by atoms with Gasteiger partial charge in [-0.1, -0.05) is 17.7 Å². The summed E-state index contributed by atoms with van der Waals surface area (Å²) in [6.07, 6.45) is 8.35. The van der Waals surface area contributed by atoms with Crippen LogP contribution < -0.4 is 0 Å². The van der Waals surface area contributed by atoms with E-state index in [4.69, 9.17) is 11.6 Å². The number of hydrogen-bond acceptors (Lipinski definition) is 0. The van der Waals surface area contributed by atoms with Crippen LogP contribution in [0.15, 0.2) is 21.9 Å². The van der Waals surface area contributed by atoms with Crippen LogP contribution in [0.25, 0.3) is 0 Å². The normalized spacial score (nSPS) is 27.6. The average molecular weight is 149 g/mol. The molecule has 1 heterocycles. The lowest BCUT2D eigenvalue weighted by Gasteiger charge is -2.21. The molecule has 0 aromatic carbocycles. The fourth-order valence-corrected chi connectivity index (χ4v) is 1.81. The largest absolute Gasteiger partial charge is 0.190 e. The summed E-state index contributed by atoms with van der Waals surface area (Å²) in [6, 6.07) is 0. The predicted molar refractivity (Wildman–Crippen MR) is 42.5 cm³/mol. The summed E-state index contributed by atoms with van der Waals surface area (Å²) >= 11 is 5.84. The molecule has 1 aliphatic rings. The third-order valence-corrected chi connectivity index (χ3v) is 4.45. The van der Waals surface area contributed by atoms with E-state index in [1.165, 1.54) is 0 Å². The lowest BCUT2D eigenvalue weighted by atomic mass is 10.6. The van der Waals surface area contributed by atoms with Crippen molar-refractivity contribution in [2.45, 2.75) is 0 Å². The highest BCUT2D eigenvalue weighted by molar-refractivity contribution is 8.39. The molecular formula is C6H9ClS. The van der Waals surface area contributed by atoms with Crippen LogP contribution in [-0.4, -0.2) is 12.5 Å². The number of allylic oxidation sites excluding steroid dienone is 2. The summed E-state index contributed by atoms with van der Waals surface area (Å²) in [7, 11) is -0.679. The Morgan fingerprint density at radius 3 is 2.25 bits per heavy atom. The van der Waals surface area contributed by atoms with Gasteiger partial charge in [-0.15, -0.1) is 0 Å². The van der Waals surface area contributed by atoms with Gasteiger partial charge in [0, 0.05) is 0 Å². The van der Waals surface area contributed by atoms with Crippen LogP contribution in [0.3, 0.4) is 0 Å². The highest BCUT2D eigenvalue weighted by Gasteiger charge is 2.14. The van der Waals surface area contributed by atoms with E-state index in [-0.39, 0.29) is 0 Å². The summed E-state index contributed by atoms with van der Waals surface area (Å²) < 4.78 is 1.01. The van der Waals surface area contributed by atoms with Gasteiger partial charge in [0.2, 0.25) is 0 Å². The van der Waals surface area contributed by atoms with Crippen molar-refractivity contribution in [3.05, 3.63) is 21.9 Å². The number of halogens is 1. The fraction of sp³-hybridized carbons (Fsp3) is 0.333. The molecule has 0 aliphatic carbocycles. The first-order valence-corrected chi connectivity index (χ1v) is 5.29. The quantitative estimate of drug-likeness (QED) is 0.496. The minimum Gasteiger partial charge on any atom is -0.190 e. The minimum atomic E-state index is -0.679. The number of hydrogen-bond donors (Lipinski definition) is 0. The Morgan fingerprint density at radius 2 is 2.12 bits per heavy atom.